The van der Waals surface area contributed by atoms with Gasteiger partial charge in [-0.15, -0.1) is 0 Å². The highest BCUT2D eigenvalue weighted by Gasteiger charge is 2.21. The predicted molar refractivity (Wildman–Crippen MR) is 85.3 cm³/mol. The van der Waals surface area contributed by atoms with Crippen molar-refractivity contribution in [1.82, 2.24) is 0 Å². The zero-order valence-corrected chi connectivity index (χ0v) is 13.3. The van der Waals surface area contributed by atoms with E-state index >= 15 is 0 Å². The van der Waals surface area contributed by atoms with Gasteiger partial charge in [0.1, 0.15) is 5.82 Å². The van der Waals surface area contributed by atoms with Gasteiger partial charge in [-0.25, -0.2) is 4.39 Å². The molecule has 0 saturated heterocycles. The van der Waals surface area contributed by atoms with Crippen molar-refractivity contribution < 1.29 is 4.39 Å². The summed E-state index contributed by atoms with van der Waals surface area (Å²) < 4.78 is 13.6. The second kappa shape index (κ2) is 8.41. The Labute approximate surface area is 123 Å². The minimum absolute atomic E-state index is 0.154. The van der Waals surface area contributed by atoms with Crippen LogP contribution in [0, 0.1) is 12.7 Å². The van der Waals surface area contributed by atoms with Gasteiger partial charge in [-0.3, -0.25) is 0 Å². The summed E-state index contributed by atoms with van der Waals surface area (Å²) in [7, 11) is 0. The summed E-state index contributed by atoms with van der Waals surface area (Å²) >= 11 is 0. The van der Waals surface area contributed by atoms with Gasteiger partial charge in [0.2, 0.25) is 0 Å². The van der Waals surface area contributed by atoms with Crippen LogP contribution in [0.2, 0.25) is 0 Å². The van der Waals surface area contributed by atoms with Crippen molar-refractivity contribution in [3.05, 3.63) is 35.1 Å². The molecule has 1 unspecified atom stereocenters. The van der Waals surface area contributed by atoms with Crippen molar-refractivity contribution in [2.75, 3.05) is 0 Å². The summed E-state index contributed by atoms with van der Waals surface area (Å²) in [6.07, 6.45) is 9.87. The molecule has 1 nitrogen and oxygen atoms in total. The van der Waals surface area contributed by atoms with Crippen LogP contribution in [0.15, 0.2) is 18.2 Å². The molecule has 0 amide bonds. The summed E-state index contributed by atoms with van der Waals surface area (Å²) in [4.78, 5) is 0. The minimum atomic E-state index is -0.419. The lowest BCUT2D eigenvalue weighted by atomic mass is 9.87. The first-order valence-electron chi connectivity index (χ1n) is 8.03. The summed E-state index contributed by atoms with van der Waals surface area (Å²) in [5.74, 6) is -0.154. The van der Waals surface area contributed by atoms with Gasteiger partial charge >= 0.3 is 0 Å². The molecule has 2 N–H and O–H groups in total. The maximum atomic E-state index is 13.6. The lowest BCUT2D eigenvalue weighted by Crippen LogP contribution is -2.33. The van der Waals surface area contributed by atoms with Gasteiger partial charge in [0.15, 0.2) is 0 Å². The first-order valence-corrected chi connectivity index (χ1v) is 8.03. The zero-order valence-electron chi connectivity index (χ0n) is 13.3. The number of halogens is 1. The van der Waals surface area contributed by atoms with Crippen LogP contribution in [0.25, 0.3) is 0 Å². The molecule has 0 spiro atoms. The smallest absolute Gasteiger partial charge is 0.126 e. The highest BCUT2D eigenvalue weighted by Crippen LogP contribution is 2.26. The fraction of sp³-hybridized carbons (Fsp3) is 0.667. The molecule has 0 heterocycles. The monoisotopic (exact) mass is 279 g/mol. The highest BCUT2D eigenvalue weighted by molar-refractivity contribution is 5.28. The number of hydrogen-bond donors (Lipinski definition) is 1. The second-order valence-electron chi connectivity index (χ2n) is 6.25. The van der Waals surface area contributed by atoms with Crippen LogP contribution in [-0.4, -0.2) is 0 Å². The molecule has 0 bridgehead atoms. The van der Waals surface area contributed by atoms with Crippen LogP contribution in [0.5, 0.6) is 0 Å². The van der Waals surface area contributed by atoms with Crippen LogP contribution in [0.4, 0.5) is 4.39 Å². The van der Waals surface area contributed by atoms with Crippen molar-refractivity contribution >= 4 is 0 Å². The lowest BCUT2D eigenvalue weighted by Gasteiger charge is -2.25. The molecule has 1 rings (SSSR count). The van der Waals surface area contributed by atoms with Crippen LogP contribution >= 0.6 is 0 Å². The zero-order chi connectivity index (χ0) is 15.0. The number of nitrogens with two attached hydrogens (primary N) is 1. The Kier molecular flexibility index (Phi) is 7.22. The van der Waals surface area contributed by atoms with E-state index in [1.54, 1.807) is 13.0 Å². The molecule has 114 valence electrons. The predicted octanol–water partition coefficient (Wildman–Crippen LogP) is 5.45. The first-order chi connectivity index (χ1) is 9.47. The van der Waals surface area contributed by atoms with Crippen molar-refractivity contribution in [3.8, 4) is 0 Å². The Hall–Kier alpha value is -0.890. The Bertz CT molecular complexity index is 398. The van der Waals surface area contributed by atoms with E-state index in [1.807, 2.05) is 19.1 Å². The molecule has 2 heteroatoms. The molecule has 1 aromatic carbocycles. The summed E-state index contributed by atoms with van der Waals surface area (Å²) in [5.41, 5.74) is 7.52. The van der Waals surface area contributed by atoms with E-state index in [0.29, 0.717) is 5.56 Å². The van der Waals surface area contributed by atoms with Crippen LogP contribution in [0.1, 0.15) is 76.3 Å². The van der Waals surface area contributed by atoms with E-state index < -0.39 is 5.54 Å². The number of rotatable bonds is 9. The van der Waals surface area contributed by atoms with Crippen molar-refractivity contribution in [2.45, 2.75) is 77.7 Å². The molecule has 1 atom stereocenters. The number of hydrogen-bond acceptors (Lipinski definition) is 1. The molecule has 0 aliphatic carbocycles. The van der Waals surface area contributed by atoms with Crippen molar-refractivity contribution in [3.63, 3.8) is 0 Å². The third-order valence-electron chi connectivity index (χ3n) is 4.13. The van der Waals surface area contributed by atoms with Crippen LogP contribution in [-0.2, 0) is 5.54 Å². The largest absolute Gasteiger partial charge is 0.322 e. The molecule has 0 aliphatic heterocycles. The molecule has 0 saturated carbocycles. The molecule has 0 aliphatic rings. The Morgan fingerprint density at radius 3 is 2.25 bits per heavy atom. The maximum absolute atomic E-state index is 13.6. The lowest BCUT2D eigenvalue weighted by molar-refractivity contribution is 0.418. The highest BCUT2D eigenvalue weighted by atomic mass is 19.1. The third kappa shape index (κ3) is 5.62. The number of benzene rings is 1. The average molecular weight is 279 g/mol. The van der Waals surface area contributed by atoms with Crippen LogP contribution < -0.4 is 5.73 Å². The Morgan fingerprint density at radius 2 is 1.65 bits per heavy atom. The molecule has 0 fully saturated rings. The fourth-order valence-electron chi connectivity index (χ4n) is 2.54. The van der Waals surface area contributed by atoms with E-state index in [9.17, 15) is 4.39 Å². The third-order valence-corrected chi connectivity index (χ3v) is 4.13. The number of unbranched alkanes of at least 4 members (excludes halogenated alkanes) is 6. The number of aryl methyl sites for hydroxylation is 1. The van der Waals surface area contributed by atoms with Gasteiger partial charge in [-0.2, -0.15) is 0 Å². The summed E-state index contributed by atoms with van der Waals surface area (Å²) in [5, 5.41) is 0. The van der Waals surface area contributed by atoms with E-state index in [4.69, 9.17) is 5.73 Å². The molecule has 0 aromatic heterocycles. The quantitative estimate of drug-likeness (QED) is 0.598. The van der Waals surface area contributed by atoms with Gasteiger partial charge in [0, 0.05) is 5.54 Å². The molecular formula is C18H30FN. The average Bonchev–Trinajstić information content (AvgIpc) is 2.40. The fourth-order valence-corrected chi connectivity index (χ4v) is 2.54. The van der Waals surface area contributed by atoms with Gasteiger partial charge < -0.3 is 5.73 Å². The summed E-state index contributed by atoms with van der Waals surface area (Å²) in [6, 6.07) is 5.37. The molecule has 1 aromatic rings. The molecule has 20 heavy (non-hydrogen) atoms. The summed E-state index contributed by atoms with van der Waals surface area (Å²) in [6.45, 7) is 6.03. The van der Waals surface area contributed by atoms with E-state index in [-0.39, 0.29) is 5.82 Å². The van der Waals surface area contributed by atoms with E-state index in [1.165, 1.54) is 38.5 Å². The SMILES string of the molecule is CCCCCCCCCC(C)(N)c1ccc(C)c(F)c1. The van der Waals surface area contributed by atoms with Crippen molar-refractivity contribution in [2.24, 2.45) is 5.73 Å². The van der Waals surface area contributed by atoms with Gasteiger partial charge in [0.25, 0.3) is 0 Å². The Morgan fingerprint density at radius 1 is 1.05 bits per heavy atom. The van der Waals surface area contributed by atoms with Gasteiger partial charge in [-0.1, -0.05) is 64.0 Å². The normalized spacial score (nSPS) is 14.2. The molecular weight excluding hydrogens is 249 g/mol. The molecule has 0 radical (unpaired) electrons. The first kappa shape index (κ1) is 17.2. The topological polar surface area (TPSA) is 26.0 Å². The van der Waals surface area contributed by atoms with E-state index in [0.717, 1.165) is 18.4 Å². The van der Waals surface area contributed by atoms with E-state index in [2.05, 4.69) is 6.92 Å². The van der Waals surface area contributed by atoms with Gasteiger partial charge in [0.05, 0.1) is 0 Å². The Balaban J connectivity index is 2.35. The van der Waals surface area contributed by atoms with Crippen molar-refractivity contribution in [1.29, 1.82) is 0 Å². The maximum Gasteiger partial charge on any atom is 0.126 e. The second-order valence-corrected chi connectivity index (χ2v) is 6.25. The van der Waals surface area contributed by atoms with Gasteiger partial charge in [-0.05, 0) is 37.5 Å². The standard InChI is InChI=1S/C18H30FN/c1-4-5-6-7-8-9-10-13-18(3,20)16-12-11-15(2)17(19)14-16/h11-12,14H,4-10,13,20H2,1-3H3. The van der Waals surface area contributed by atoms with Crippen LogP contribution in [0.3, 0.4) is 0 Å². The minimum Gasteiger partial charge on any atom is -0.322 e.